The zero-order chi connectivity index (χ0) is 19.1. The molecule has 1 N–H and O–H groups in total. The molecule has 0 saturated carbocycles. The van der Waals surface area contributed by atoms with Crippen molar-refractivity contribution in [2.45, 2.75) is 38.8 Å². The highest BCUT2D eigenvalue weighted by Crippen LogP contribution is 2.40. The number of nitro groups is 1. The number of aryl methyl sites for hydroxylation is 1. The molecule has 1 amide bonds. The number of hydrogen-bond donors (Lipinski definition) is 1. The molecule has 0 aliphatic carbocycles. The largest absolute Gasteiger partial charge is 0.487 e. The van der Waals surface area contributed by atoms with Crippen LogP contribution in [0.4, 0.5) is 5.69 Å². The van der Waals surface area contributed by atoms with E-state index in [4.69, 9.17) is 16.3 Å². The fourth-order valence-electron chi connectivity index (χ4n) is 3.14. The van der Waals surface area contributed by atoms with Gasteiger partial charge in [-0.25, -0.2) is 0 Å². The average molecular weight is 375 g/mol. The summed E-state index contributed by atoms with van der Waals surface area (Å²) in [6.07, 6.45) is 0.588. The minimum Gasteiger partial charge on any atom is -0.487 e. The van der Waals surface area contributed by atoms with Gasteiger partial charge in [0.15, 0.2) is 0 Å². The van der Waals surface area contributed by atoms with Crippen LogP contribution >= 0.6 is 11.6 Å². The van der Waals surface area contributed by atoms with Crippen molar-refractivity contribution in [3.63, 3.8) is 0 Å². The molecule has 0 saturated heterocycles. The van der Waals surface area contributed by atoms with Crippen LogP contribution in [0.1, 0.15) is 47.8 Å². The van der Waals surface area contributed by atoms with Gasteiger partial charge in [-0.1, -0.05) is 29.3 Å². The molecule has 6 nitrogen and oxygen atoms in total. The Morgan fingerprint density at radius 2 is 2.04 bits per heavy atom. The number of halogens is 1. The lowest BCUT2D eigenvalue weighted by Crippen LogP contribution is -2.41. The predicted octanol–water partition coefficient (Wildman–Crippen LogP) is 4.59. The molecule has 136 valence electrons. The van der Waals surface area contributed by atoms with Crippen molar-refractivity contribution < 1.29 is 14.5 Å². The van der Waals surface area contributed by atoms with Crippen molar-refractivity contribution in [2.75, 3.05) is 0 Å². The second-order valence-electron chi connectivity index (χ2n) is 7.06. The van der Waals surface area contributed by atoms with E-state index in [2.05, 4.69) is 5.32 Å². The topological polar surface area (TPSA) is 81.5 Å². The summed E-state index contributed by atoms with van der Waals surface area (Å²) in [6.45, 7) is 5.89. The molecule has 1 aliphatic rings. The Kier molecular flexibility index (Phi) is 4.63. The van der Waals surface area contributed by atoms with E-state index < -0.39 is 10.5 Å². The number of amides is 1. The van der Waals surface area contributed by atoms with Crippen LogP contribution in [0.25, 0.3) is 0 Å². The maximum absolute atomic E-state index is 12.7. The van der Waals surface area contributed by atoms with Gasteiger partial charge in [-0.2, -0.15) is 0 Å². The standard InChI is InChI=1S/C19H19ClN2O4/c1-11-4-7-17-13(8-11)15(10-19(2,3)26-17)21-18(23)12-5-6-14(20)16(9-12)22(24)25/h4-9,15H,10H2,1-3H3,(H,21,23)/t15-/m1/s1. The maximum atomic E-state index is 12.7. The highest BCUT2D eigenvalue weighted by Gasteiger charge is 2.34. The quantitative estimate of drug-likeness (QED) is 0.629. The average Bonchev–Trinajstić information content (AvgIpc) is 2.55. The summed E-state index contributed by atoms with van der Waals surface area (Å²) in [5.74, 6) is 0.346. The number of nitro benzene ring substituents is 1. The molecule has 2 aromatic rings. The van der Waals surface area contributed by atoms with E-state index in [0.717, 1.165) is 16.9 Å². The monoisotopic (exact) mass is 374 g/mol. The van der Waals surface area contributed by atoms with E-state index in [1.165, 1.54) is 18.2 Å². The van der Waals surface area contributed by atoms with Gasteiger partial charge in [-0.3, -0.25) is 14.9 Å². The van der Waals surface area contributed by atoms with Gasteiger partial charge in [0.25, 0.3) is 11.6 Å². The highest BCUT2D eigenvalue weighted by atomic mass is 35.5. The summed E-state index contributed by atoms with van der Waals surface area (Å²) in [6, 6.07) is 9.63. The second kappa shape index (κ2) is 6.61. The zero-order valence-corrected chi connectivity index (χ0v) is 15.5. The van der Waals surface area contributed by atoms with Gasteiger partial charge in [0.05, 0.1) is 11.0 Å². The van der Waals surface area contributed by atoms with E-state index in [1.807, 2.05) is 39.0 Å². The molecule has 0 bridgehead atoms. The molecular weight excluding hydrogens is 356 g/mol. The maximum Gasteiger partial charge on any atom is 0.288 e. The Balaban J connectivity index is 1.91. The minimum atomic E-state index is -0.602. The highest BCUT2D eigenvalue weighted by molar-refractivity contribution is 6.32. The van der Waals surface area contributed by atoms with E-state index in [1.54, 1.807) is 0 Å². The van der Waals surface area contributed by atoms with Crippen LogP contribution in [0.15, 0.2) is 36.4 Å². The van der Waals surface area contributed by atoms with Crippen LogP contribution in [-0.4, -0.2) is 16.4 Å². The second-order valence-corrected chi connectivity index (χ2v) is 7.46. The van der Waals surface area contributed by atoms with Crippen molar-refractivity contribution in [3.8, 4) is 5.75 Å². The lowest BCUT2D eigenvalue weighted by atomic mass is 9.88. The number of nitrogens with one attached hydrogen (secondary N) is 1. The molecule has 0 spiro atoms. The van der Waals surface area contributed by atoms with Crippen LogP contribution in [0.3, 0.4) is 0 Å². The molecule has 7 heteroatoms. The summed E-state index contributed by atoms with van der Waals surface area (Å²) in [5, 5.41) is 14.0. The van der Waals surface area contributed by atoms with Gasteiger partial charge in [-0.15, -0.1) is 0 Å². The number of nitrogens with zero attached hydrogens (tertiary/aromatic N) is 1. The SMILES string of the molecule is Cc1ccc2c(c1)[C@H](NC(=O)c1ccc(Cl)c([N+](=O)[O-])c1)CC(C)(C)O2. The van der Waals surface area contributed by atoms with Crippen molar-refractivity contribution in [3.05, 3.63) is 68.2 Å². The summed E-state index contributed by atoms with van der Waals surface area (Å²) in [5.41, 5.74) is 1.43. The van der Waals surface area contributed by atoms with E-state index in [0.29, 0.717) is 6.42 Å². The molecule has 0 fully saturated rings. The first kappa shape index (κ1) is 18.2. The van der Waals surface area contributed by atoms with Gasteiger partial charge in [0, 0.05) is 23.6 Å². The fourth-order valence-corrected chi connectivity index (χ4v) is 3.32. The fraction of sp³-hybridized carbons (Fsp3) is 0.316. The number of benzene rings is 2. The summed E-state index contributed by atoms with van der Waals surface area (Å²) in [4.78, 5) is 23.1. The molecule has 1 atom stereocenters. The number of carbonyl (C=O) groups excluding carboxylic acids is 1. The minimum absolute atomic E-state index is 0.000259. The Bertz CT molecular complexity index is 895. The van der Waals surface area contributed by atoms with Crippen molar-refractivity contribution in [2.24, 2.45) is 0 Å². The van der Waals surface area contributed by atoms with Crippen LogP contribution in [0.5, 0.6) is 5.75 Å². The summed E-state index contributed by atoms with van der Waals surface area (Å²) < 4.78 is 6.00. The Labute approximate surface area is 156 Å². The van der Waals surface area contributed by atoms with Crippen molar-refractivity contribution in [1.82, 2.24) is 5.32 Å². The lowest BCUT2D eigenvalue weighted by Gasteiger charge is -2.38. The third-order valence-corrected chi connectivity index (χ3v) is 4.65. The number of fused-ring (bicyclic) bond motifs is 1. The van der Waals surface area contributed by atoms with Crippen LogP contribution in [0, 0.1) is 17.0 Å². The Hall–Kier alpha value is -2.60. The van der Waals surface area contributed by atoms with Gasteiger partial charge in [0.2, 0.25) is 0 Å². The smallest absolute Gasteiger partial charge is 0.288 e. The van der Waals surface area contributed by atoms with Gasteiger partial charge in [-0.05, 0) is 39.0 Å². The van der Waals surface area contributed by atoms with Gasteiger partial charge >= 0.3 is 0 Å². The first-order valence-corrected chi connectivity index (χ1v) is 8.58. The molecule has 0 radical (unpaired) electrons. The van der Waals surface area contributed by atoms with Crippen LogP contribution in [-0.2, 0) is 0 Å². The Morgan fingerprint density at radius 1 is 1.31 bits per heavy atom. The number of hydrogen-bond acceptors (Lipinski definition) is 4. The molecule has 1 heterocycles. The zero-order valence-electron chi connectivity index (χ0n) is 14.7. The molecule has 3 rings (SSSR count). The van der Waals surface area contributed by atoms with Crippen LogP contribution in [0.2, 0.25) is 5.02 Å². The molecule has 26 heavy (non-hydrogen) atoms. The lowest BCUT2D eigenvalue weighted by molar-refractivity contribution is -0.384. The summed E-state index contributed by atoms with van der Waals surface area (Å²) >= 11 is 5.82. The number of ether oxygens (including phenoxy) is 1. The first-order chi connectivity index (χ1) is 12.2. The number of rotatable bonds is 3. The number of carbonyl (C=O) groups is 1. The third-order valence-electron chi connectivity index (χ3n) is 4.33. The molecule has 2 aromatic carbocycles. The molecule has 0 unspecified atom stereocenters. The Morgan fingerprint density at radius 3 is 2.73 bits per heavy atom. The van der Waals surface area contributed by atoms with Gasteiger partial charge in [0.1, 0.15) is 16.4 Å². The normalized spacial score (nSPS) is 17.8. The van der Waals surface area contributed by atoms with E-state index >= 15 is 0 Å². The predicted molar refractivity (Wildman–Crippen MR) is 98.8 cm³/mol. The molecule has 1 aliphatic heterocycles. The van der Waals surface area contributed by atoms with E-state index in [-0.39, 0.29) is 28.2 Å². The first-order valence-electron chi connectivity index (χ1n) is 8.21. The van der Waals surface area contributed by atoms with Gasteiger partial charge < -0.3 is 10.1 Å². The van der Waals surface area contributed by atoms with E-state index in [9.17, 15) is 14.9 Å². The molecular formula is C19H19ClN2O4. The third kappa shape index (κ3) is 3.65. The van der Waals surface area contributed by atoms with Crippen molar-refractivity contribution in [1.29, 1.82) is 0 Å². The molecule has 0 aromatic heterocycles. The summed E-state index contributed by atoms with van der Waals surface area (Å²) in [7, 11) is 0. The van der Waals surface area contributed by atoms with Crippen molar-refractivity contribution >= 4 is 23.2 Å². The van der Waals surface area contributed by atoms with Crippen LogP contribution < -0.4 is 10.1 Å².